The first-order valence-corrected chi connectivity index (χ1v) is 6.09. The Hall–Kier alpha value is -1.04. The lowest BCUT2D eigenvalue weighted by atomic mass is 9.99. The highest BCUT2D eigenvalue weighted by molar-refractivity contribution is 5.10. The molecule has 0 radical (unpaired) electrons. The Balaban J connectivity index is 2.50. The van der Waals surface area contributed by atoms with Gasteiger partial charge in [-0.3, -0.25) is 4.98 Å². The van der Waals surface area contributed by atoms with Crippen LogP contribution in [0.3, 0.4) is 0 Å². The summed E-state index contributed by atoms with van der Waals surface area (Å²) in [5.74, 6) is -0.0966. The molecule has 0 saturated carbocycles. The van der Waals surface area contributed by atoms with E-state index in [1.54, 1.807) is 13.2 Å². The summed E-state index contributed by atoms with van der Waals surface area (Å²) in [6.45, 7) is 4.49. The van der Waals surface area contributed by atoms with Crippen LogP contribution in [0.5, 0.6) is 0 Å². The molecule has 0 aliphatic carbocycles. The van der Waals surface area contributed by atoms with Crippen LogP contribution in [0.2, 0.25) is 0 Å². The van der Waals surface area contributed by atoms with E-state index >= 15 is 0 Å². The molecule has 0 spiro atoms. The molecule has 0 bridgehead atoms. The van der Waals surface area contributed by atoms with E-state index in [0.717, 1.165) is 18.8 Å². The lowest BCUT2D eigenvalue weighted by molar-refractivity contribution is 0.150. The molecule has 5 heteroatoms. The van der Waals surface area contributed by atoms with Gasteiger partial charge in [-0.05, 0) is 25.1 Å². The van der Waals surface area contributed by atoms with Crippen molar-refractivity contribution in [1.82, 2.24) is 9.88 Å². The van der Waals surface area contributed by atoms with Gasteiger partial charge in [0.05, 0.1) is 24.5 Å². The third kappa shape index (κ3) is 4.68. The van der Waals surface area contributed by atoms with E-state index in [1.165, 1.54) is 12.3 Å². The van der Waals surface area contributed by atoms with Gasteiger partial charge in [-0.15, -0.1) is 0 Å². The van der Waals surface area contributed by atoms with Crippen molar-refractivity contribution in [3.05, 3.63) is 29.8 Å². The first kappa shape index (κ1) is 15.0. The van der Waals surface area contributed by atoms with Crippen LogP contribution in [0.4, 0.5) is 4.39 Å². The van der Waals surface area contributed by atoms with Gasteiger partial charge in [0.2, 0.25) is 0 Å². The fraction of sp³-hybridized carbons (Fsp3) is 0.615. The molecular weight excluding hydrogens is 233 g/mol. The van der Waals surface area contributed by atoms with E-state index < -0.39 is 0 Å². The van der Waals surface area contributed by atoms with Gasteiger partial charge in [0, 0.05) is 20.2 Å². The molecule has 0 aliphatic rings. The van der Waals surface area contributed by atoms with E-state index in [2.05, 4.69) is 16.8 Å². The number of nitrogens with zero attached hydrogens (tertiary/aromatic N) is 2. The van der Waals surface area contributed by atoms with Crippen molar-refractivity contribution < 1.29 is 9.13 Å². The van der Waals surface area contributed by atoms with Gasteiger partial charge in [-0.1, -0.05) is 6.92 Å². The first-order chi connectivity index (χ1) is 8.54. The van der Waals surface area contributed by atoms with Crippen molar-refractivity contribution in [2.24, 2.45) is 11.7 Å². The molecule has 2 unspecified atom stereocenters. The van der Waals surface area contributed by atoms with Crippen LogP contribution in [-0.2, 0) is 4.74 Å². The number of nitrogens with two attached hydrogens (primary N) is 1. The first-order valence-electron chi connectivity index (χ1n) is 6.09. The summed E-state index contributed by atoms with van der Waals surface area (Å²) in [7, 11) is 3.71. The predicted octanol–water partition coefficient (Wildman–Crippen LogP) is 1.43. The molecule has 1 aromatic heterocycles. The number of rotatable bonds is 7. The van der Waals surface area contributed by atoms with Gasteiger partial charge < -0.3 is 15.4 Å². The topological polar surface area (TPSA) is 51.4 Å². The Morgan fingerprint density at radius 2 is 2.22 bits per heavy atom. The number of halogens is 1. The van der Waals surface area contributed by atoms with Crippen LogP contribution in [0.25, 0.3) is 0 Å². The Kier molecular flexibility index (Phi) is 6.18. The minimum Gasteiger partial charge on any atom is -0.383 e. The molecule has 0 saturated heterocycles. The molecule has 18 heavy (non-hydrogen) atoms. The highest BCUT2D eigenvalue weighted by Gasteiger charge is 2.17. The molecule has 0 fully saturated rings. The summed E-state index contributed by atoms with van der Waals surface area (Å²) in [4.78, 5) is 6.19. The summed E-state index contributed by atoms with van der Waals surface area (Å²) < 4.78 is 17.8. The maximum Gasteiger partial charge on any atom is 0.141 e. The predicted molar refractivity (Wildman–Crippen MR) is 69.7 cm³/mol. The molecule has 0 amide bonds. The maximum atomic E-state index is 12.8. The van der Waals surface area contributed by atoms with Gasteiger partial charge in [0.1, 0.15) is 5.82 Å². The van der Waals surface area contributed by atoms with E-state index in [4.69, 9.17) is 10.5 Å². The highest BCUT2D eigenvalue weighted by atomic mass is 19.1. The summed E-state index contributed by atoms with van der Waals surface area (Å²) >= 11 is 0. The lowest BCUT2D eigenvalue weighted by Crippen LogP contribution is -2.33. The van der Waals surface area contributed by atoms with Crippen LogP contribution >= 0.6 is 0 Å². The number of likely N-dealkylation sites (N-methyl/N-ethyl adjacent to an activating group) is 1. The Morgan fingerprint density at radius 1 is 1.50 bits per heavy atom. The third-order valence-electron chi connectivity index (χ3n) is 2.98. The van der Waals surface area contributed by atoms with Gasteiger partial charge in [-0.25, -0.2) is 4.39 Å². The quantitative estimate of drug-likeness (QED) is 0.801. The Bertz CT molecular complexity index is 345. The number of pyridine rings is 1. The largest absolute Gasteiger partial charge is 0.383 e. The highest BCUT2D eigenvalue weighted by Crippen LogP contribution is 2.18. The normalized spacial score (nSPS) is 14.8. The van der Waals surface area contributed by atoms with Crippen molar-refractivity contribution in [1.29, 1.82) is 0 Å². The van der Waals surface area contributed by atoms with Crippen molar-refractivity contribution in [2.75, 3.05) is 33.9 Å². The second-order valence-electron chi connectivity index (χ2n) is 4.66. The van der Waals surface area contributed by atoms with E-state index in [-0.39, 0.29) is 17.8 Å². The standard InChI is InChI=1S/C13H22FN3O/c1-10(9-17(2)6-7-18-3)13(15)12-5-4-11(14)8-16-12/h4-5,8,10,13H,6-7,9,15H2,1-3H3. The molecule has 1 heterocycles. The summed E-state index contributed by atoms with van der Waals surface area (Å²) in [5.41, 5.74) is 6.85. The minimum atomic E-state index is -0.337. The van der Waals surface area contributed by atoms with Crippen LogP contribution in [0.15, 0.2) is 18.3 Å². The molecule has 2 atom stereocenters. The molecule has 1 rings (SSSR count). The van der Waals surface area contributed by atoms with E-state index in [0.29, 0.717) is 6.61 Å². The number of ether oxygens (including phenoxy) is 1. The zero-order chi connectivity index (χ0) is 13.5. The number of hydrogen-bond donors (Lipinski definition) is 1. The van der Waals surface area contributed by atoms with Crippen molar-refractivity contribution in [3.8, 4) is 0 Å². The van der Waals surface area contributed by atoms with E-state index in [9.17, 15) is 4.39 Å². The molecule has 0 aliphatic heterocycles. The van der Waals surface area contributed by atoms with Crippen LogP contribution in [-0.4, -0.2) is 43.7 Å². The lowest BCUT2D eigenvalue weighted by Gasteiger charge is -2.25. The average molecular weight is 255 g/mol. The second-order valence-corrected chi connectivity index (χ2v) is 4.66. The monoisotopic (exact) mass is 255 g/mol. The maximum absolute atomic E-state index is 12.8. The molecule has 0 aromatic carbocycles. The Morgan fingerprint density at radius 3 is 2.78 bits per heavy atom. The number of aromatic nitrogens is 1. The summed E-state index contributed by atoms with van der Waals surface area (Å²) in [5, 5.41) is 0. The fourth-order valence-electron chi connectivity index (χ4n) is 1.82. The number of hydrogen-bond acceptors (Lipinski definition) is 4. The van der Waals surface area contributed by atoms with Crippen LogP contribution in [0, 0.1) is 11.7 Å². The van der Waals surface area contributed by atoms with Gasteiger partial charge >= 0.3 is 0 Å². The SMILES string of the molecule is COCCN(C)CC(C)C(N)c1ccc(F)cn1. The fourth-order valence-corrected chi connectivity index (χ4v) is 1.82. The smallest absolute Gasteiger partial charge is 0.141 e. The minimum absolute atomic E-state index is 0.185. The molecule has 1 aromatic rings. The third-order valence-corrected chi connectivity index (χ3v) is 2.98. The Labute approximate surface area is 108 Å². The zero-order valence-corrected chi connectivity index (χ0v) is 11.3. The van der Waals surface area contributed by atoms with Gasteiger partial charge in [0.15, 0.2) is 0 Å². The van der Waals surface area contributed by atoms with Crippen molar-refractivity contribution in [2.45, 2.75) is 13.0 Å². The van der Waals surface area contributed by atoms with Crippen molar-refractivity contribution >= 4 is 0 Å². The molecular formula is C13H22FN3O. The number of methoxy groups -OCH3 is 1. The molecule has 2 N–H and O–H groups in total. The van der Waals surface area contributed by atoms with Crippen LogP contribution < -0.4 is 5.73 Å². The van der Waals surface area contributed by atoms with Gasteiger partial charge in [0.25, 0.3) is 0 Å². The average Bonchev–Trinajstić information content (AvgIpc) is 2.36. The van der Waals surface area contributed by atoms with Gasteiger partial charge in [-0.2, -0.15) is 0 Å². The second kappa shape index (κ2) is 7.41. The molecule has 102 valence electrons. The van der Waals surface area contributed by atoms with Crippen molar-refractivity contribution in [3.63, 3.8) is 0 Å². The van der Waals surface area contributed by atoms with Crippen LogP contribution in [0.1, 0.15) is 18.7 Å². The molecule has 4 nitrogen and oxygen atoms in total. The van der Waals surface area contributed by atoms with E-state index in [1.807, 2.05) is 7.05 Å². The zero-order valence-electron chi connectivity index (χ0n) is 11.3. The summed E-state index contributed by atoms with van der Waals surface area (Å²) in [6.07, 6.45) is 1.20. The summed E-state index contributed by atoms with van der Waals surface area (Å²) in [6, 6.07) is 2.85.